The summed E-state index contributed by atoms with van der Waals surface area (Å²) >= 11 is 0. The molecule has 0 atom stereocenters. The van der Waals surface area contributed by atoms with Crippen LogP contribution in [-0.2, 0) is 6.54 Å². The minimum absolute atomic E-state index is 0.300. The van der Waals surface area contributed by atoms with Crippen LogP contribution in [0.2, 0.25) is 0 Å². The molecule has 4 heteroatoms. The Morgan fingerprint density at radius 2 is 1.67 bits per heavy atom. The molecule has 2 aromatic rings. The topological polar surface area (TPSA) is 35.2 Å². The number of hydrogen-bond donors (Lipinski definition) is 1. The molecule has 0 saturated heterocycles. The Bertz CT molecular complexity index is 549. The zero-order chi connectivity index (χ0) is 13.1. The van der Waals surface area contributed by atoms with Crippen molar-refractivity contribution in [3.8, 4) is 16.9 Å². The van der Waals surface area contributed by atoms with Crippen LogP contribution in [0.5, 0.6) is 5.75 Å². The SMILES string of the molecule is COc1ccc(-c2cc(F)cc(F)c2)cc1CN. The summed E-state index contributed by atoms with van der Waals surface area (Å²) in [4.78, 5) is 0. The second kappa shape index (κ2) is 5.14. The summed E-state index contributed by atoms with van der Waals surface area (Å²) < 4.78 is 31.5. The van der Waals surface area contributed by atoms with E-state index in [1.807, 2.05) is 0 Å². The van der Waals surface area contributed by atoms with Crippen LogP contribution in [0.25, 0.3) is 11.1 Å². The Kier molecular flexibility index (Phi) is 3.58. The number of nitrogens with two attached hydrogens (primary N) is 1. The molecule has 94 valence electrons. The predicted octanol–water partition coefficient (Wildman–Crippen LogP) is 3.10. The van der Waals surface area contributed by atoms with Crippen molar-refractivity contribution in [1.29, 1.82) is 0 Å². The van der Waals surface area contributed by atoms with Crippen molar-refractivity contribution in [1.82, 2.24) is 0 Å². The molecule has 2 rings (SSSR count). The zero-order valence-corrected chi connectivity index (χ0v) is 9.91. The second-order valence-corrected chi connectivity index (χ2v) is 3.89. The van der Waals surface area contributed by atoms with Gasteiger partial charge >= 0.3 is 0 Å². The maximum absolute atomic E-state index is 13.2. The van der Waals surface area contributed by atoms with Gasteiger partial charge < -0.3 is 10.5 Å². The number of halogens is 2. The molecule has 2 nitrogen and oxygen atoms in total. The standard InChI is InChI=1S/C14H13F2NO/c1-18-14-3-2-9(4-11(14)8-17)10-5-12(15)7-13(16)6-10/h2-7H,8,17H2,1H3. The second-order valence-electron chi connectivity index (χ2n) is 3.89. The fourth-order valence-corrected chi connectivity index (χ4v) is 1.84. The summed E-state index contributed by atoms with van der Waals surface area (Å²) in [5.74, 6) is -0.539. The molecular weight excluding hydrogens is 236 g/mol. The number of benzene rings is 2. The lowest BCUT2D eigenvalue weighted by Crippen LogP contribution is -2.00. The Hall–Kier alpha value is -1.94. The van der Waals surface area contributed by atoms with E-state index in [0.29, 0.717) is 23.4 Å². The summed E-state index contributed by atoms with van der Waals surface area (Å²) in [6.45, 7) is 0.300. The van der Waals surface area contributed by atoms with Crippen LogP contribution in [-0.4, -0.2) is 7.11 Å². The van der Waals surface area contributed by atoms with Crippen molar-refractivity contribution in [2.45, 2.75) is 6.54 Å². The van der Waals surface area contributed by atoms with Crippen molar-refractivity contribution < 1.29 is 13.5 Å². The first-order valence-corrected chi connectivity index (χ1v) is 5.47. The minimum Gasteiger partial charge on any atom is -0.496 e. The largest absolute Gasteiger partial charge is 0.496 e. The molecule has 0 aromatic heterocycles. The molecule has 0 saturated carbocycles. The van der Waals surface area contributed by atoms with Gasteiger partial charge in [-0.3, -0.25) is 0 Å². The average molecular weight is 249 g/mol. The Morgan fingerprint density at radius 3 is 2.22 bits per heavy atom. The summed E-state index contributed by atoms with van der Waals surface area (Å²) in [5, 5.41) is 0. The van der Waals surface area contributed by atoms with Gasteiger partial charge in [0.1, 0.15) is 17.4 Å². The first kappa shape index (κ1) is 12.5. The molecule has 18 heavy (non-hydrogen) atoms. The molecule has 2 N–H and O–H groups in total. The molecule has 0 heterocycles. The van der Waals surface area contributed by atoms with Crippen molar-refractivity contribution in [3.05, 3.63) is 53.6 Å². The molecule has 0 aliphatic heterocycles. The molecule has 0 radical (unpaired) electrons. The molecule has 0 fully saturated rings. The normalized spacial score (nSPS) is 10.4. The van der Waals surface area contributed by atoms with Gasteiger partial charge in [0.25, 0.3) is 0 Å². The van der Waals surface area contributed by atoms with E-state index in [1.165, 1.54) is 12.1 Å². The monoisotopic (exact) mass is 249 g/mol. The number of hydrogen-bond acceptors (Lipinski definition) is 2. The molecule has 0 aliphatic rings. The molecule has 0 aliphatic carbocycles. The van der Waals surface area contributed by atoms with E-state index >= 15 is 0 Å². The van der Waals surface area contributed by atoms with Crippen molar-refractivity contribution in [3.63, 3.8) is 0 Å². The van der Waals surface area contributed by atoms with Gasteiger partial charge in [-0.25, -0.2) is 8.78 Å². The van der Waals surface area contributed by atoms with Gasteiger partial charge in [0.05, 0.1) is 7.11 Å². The summed E-state index contributed by atoms with van der Waals surface area (Å²) in [7, 11) is 1.55. The van der Waals surface area contributed by atoms with E-state index in [9.17, 15) is 8.78 Å². The number of rotatable bonds is 3. The van der Waals surface area contributed by atoms with Crippen LogP contribution in [0, 0.1) is 11.6 Å². The number of ether oxygens (including phenoxy) is 1. The van der Waals surface area contributed by atoms with Gasteiger partial charge in [0.2, 0.25) is 0 Å². The predicted molar refractivity (Wildman–Crippen MR) is 66.2 cm³/mol. The van der Waals surface area contributed by atoms with E-state index in [0.717, 1.165) is 11.6 Å². The quantitative estimate of drug-likeness (QED) is 0.907. The highest BCUT2D eigenvalue weighted by Crippen LogP contribution is 2.27. The smallest absolute Gasteiger partial charge is 0.126 e. The molecule has 2 aromatic carbocycles. The fourth-order valence-electron chi connectivity index (χ4n) is 1.84. The maximum atomic E-state index is 13.2. The number of methoxy groups -OCH3 is 1. The molecule has 0 spiro atoms. The minimum atomic E-state index is -0.602. The summed E-state index contributed by atoms with van der Waals surface area (Å²) in [5.41, 5.74) is 7.58. The Balaban J connectivity index is 2.50. The van der Waals surface area contributed by atoms with Gasteiger partial charge in [0.15, 0.2) is 0 Å². The molecule has 0 unspecified atom stereocenters. The molecule has 0 bridgehead atoms. The van der Waals surface area contributed by atoms with Crippen LogP contribution < -0.4 is 10.5 Å². The van der Waals surface area contributed by atoms with Crippen molar-refractivity contribution >= 4 is 0 Å². The van der Waals surface area contributed by atoms with Crippen molar-refractivity contribution in [2.24, 2.45) is 5.73 Å². The van der Waals surface area contributed by atoms with Gasteiger partial charge in [-0.1, -0.05) is 6.07 Å². The molecular formula is C14H13F2NO. The molecule has 0 amide bonds. The lowest BCUT2D eigenvalue weighted by atomic mass is 10.0. The Labute approximate surface area is 104 Å². The van der Waals surface area contributed by atoms with Gasteiger partial charge in [0, 0.05) is 18.2 Å². The van der Waals surface area contributed by atoms with Crippen LogP contribution in [0.3, 0.4) is 0 Å². The highest BCUT2D eigenvalue weighted by atomic mass is 19.1. The van der Waals surface area contributed by atoms with E-state index in [1.54, 1.807) is 25.3 Å². The summed E-state index contributed by atoms with van der Waals surface area (Å²) in [6, 6.07) is 8.66. The third-order valence-corrected chi connectivity index (χ3v) is 2.70. The highest BCUT2D eigenvalue weighted by Gasteiger charge is 2.07. The fraction of sp³-hybridized carbons (Fsp3) is 0.143. The van der Waals surface area contributed by atoms with E-state index in [4.69, 9.17) is 10.5 Å². The van der Waals surface area contributed by atoms with Crippen molar-refractivity contribution in [2.75, 3.05) is 7.11 Å². The third kappa shape index (κ3) is 2.49. The first-order chi connectivity index (χ1) is 8.63. The van der Waals surface area contributed by atoms with Crippen LogP contribution in [0.4, 0.5) is 8.78 Å². The average Bonchev–Trinajstić information content (AvgIpc) is 2.36. The van der Waals surface area contributed by atoms with Crippen LogP contribution in [0.15, 0.2) is 36.4 Å². The van der Waals surface area contributed by atoms with E-state index in [2.05, 4.69) is 0 Å². The third-order valence-electron chi connectivity index (χ3n) is 2.70. The van der Waals surface area contributed by atoms with Crippen LogP contribution in [0.1, 0.15) is 5.56 Å². The van der Waals surface area contributed by atoms with Crippen LogP contribution >= 0.6 is 0 Å². The Morgan fingerprint density at radius 1 is 1.00 bits per heavy atom. The lowest BCUT2D eigenvalue weighted by molar-refractivity contribution is 0.410. The van der Waals surface area contributed by atoms with Gasteiger partial charge in [-0.15, -0.1) is 0 Å². The van der Waals surface area contributed by atoms with Gasteiger partial charge in [-0.05, 0) is 35.4 Å². The van der Waals surface area contributed by atoms with E-state index in [-0.39, 0.29) is 0 Å². The lowest BCUT2D eigenvalue weighted by Gasteiger charge is -2.09. The highest BCUT2D eigenvalue weighted by molar-refractivity contribution is 5.65. The first-order valence-electron chi connectivity index (χ1n) is 5.47. The maximum Gasteiger partial charge on any atom is 0.126 e. The van der Waals surface area contributed by atoms with E-state index < -0.39 is 11.6 Å². The zero-order valence-electron chi connectivity index (χ0n) is 9.91. The van der Waals surface area contributed by atoms with Gasteiger partial charge in [-0.2, -0.15) is 0 Å². The summed E-state index contributed by atoms with van der Waals surface area (Å²) in [6.07, 6.45) is 0.